The summed E-state index contributed by atoms with van der Waals surface area (Å²) in [6.07, 6.45) is 3.00. The van der Waals surface area contributed by atoms with Crippen LogP contribution in [0.25, 0.3) is 10.8 Å². The molecule has 3 aromatic carbocycles. The van der Waals surface area contributed by atoms with Gasteiger partial charge in [-0.3, -0.25) is 9.69 Å². The number of nitrogens with zero attached hydrogens (tertiary/aromatic N) is 1. The van der Waals surface area contributed by atoms with Gasteiger partial charge >= 0.3 is 0 Å². The number of aryl methyl sites for hydroxylation is 1. The molecule has 1 unspecified atom stereocenters. The first kappa shape index (κ1) is 21.8. The number of nitrogens with one attached hydrogen (secondary N) is 1. The molecule has 2 aliphatic rings. The molecule has 0 spiro atoms. The summed E-state index contributed by atoms with van der Waals surface area (Å²) in [5.41, 5.74) is 2.40. The molecule has 33 heavy (non-hydrogen) atoms. The van der Waals surface area contributed by atoms with Gasteiger partial charge in [-0.15, -0.1) is 0 Å². The number of likely N-dealkylation sites (N-methyl/N-ethyl adjacent to an activating group) is 1. The number of benzene rings is 3. The van der Waals surface area contributed by atoms with E-state index in [2.05, 4.69) is 47.6 Å². The first-order valence-corrected chi connectivity index (χ1v) is 11.9. The molecule has 1 aliphatic carbocycles. The Morgan fingerprint density at radius 2 is 1.91 bits per heavy atom. The topological polar surface area (TPSA) is 50.8 Å². The minimum absolute atomic E-state index is 0.0536. The van der Waals surface area contributed by atoms with Crippen LogP contribution in [0, 0.1) is 6.92 Å². The molecule has 1 N–H and O–H groups in total. The third kappa shape index (κ3) is 4.30. The number of carbonyl (C=O) groups is 1. The molecule has 0 aromatic heterocycles. The molecule has 5 nitrogen and oxygen atoms in total. The minimum Gasteiger partial charge on any atom is -0.494 e. The van der Waals surface area contributed by atoms with Crippen LogP contribution in [0.3, 0.4) is 0 Å². The average Bonchev–Trinajstić information content (AvgIpc) is 3.59. The molecule has 1 amide bonds. The summed E-state index contributed by atoms with van der Waals surface area (Å²) >= 11 is 0. The molecule has 1 saturated carbocycles. The normalized spacial score (nSPS) is 19.1. The van der Waals surface area contributed by atoms with Gasteiger partial charge < -0.3 is 14.8 Å². The Bertz CT molecular complexity index is 1180. The van der Waals surface area contributed by atoms with Crippen LogP contribution in [-0.4, -0.2) is 43.7 Å². The van der Waals surface area contributed by atoms with Crippen LogP contribution in [0.4, 0.5) is 0 Å². The van der Waals surface area contributed by atoms with E-state index in [-0.39, 0.29) is 11.4 Å². The fourth-order valence-corrected chi connectivity index (χ4v) is 4.71. The predicted octanol–water partition coefficient (Wildman–Crippen LogP) is 5.05. The molecular formula is C28H32N2O3. The smallest absolute Gasteiger partial charge is 0.252 e. The molecule has 5 heteroatoms. The lowest BCUT2D eigenvalue weighted by atomic mass is 9.95. The second kappa shape index (κ2) is 8.71. The molecule has 1 saturated heterocycles. The molecule has 1 aliphatic heterocycles. The van der Waals surface area contributed by atoms with E-state index in [0.717, 1.165) is 59.2 Å². The van der Waals surface area contributed by atoms with Crippen molar-refractivity contribution in [1.82, 2.24) is 10.2 Å². The first-order valence-electron chi connectivity index (χ1n) is 11.9. The highest BCUT2D eigenvalue weighted by molar-refractivity contribution is 5.98. The molecular weight excluding hydrogens is 412 g/mol. The van der Waals surface area contributed by atoms with Gasteiger partial charge in [0.05, 0.1) is 12.1 Å². The van der Waals surface area contributed by atoms with Crippen molar-refractivity contribution in [3.8, 4) is 11.5 Å². The summed E-state index contributed by atoms with van der Waals surface area (Å²) in [4.78, 5) is 15.7. The SMILES string of the molecule is CCOc1cc(C2(NC(=O)c3cc(OCC4CCN4C)ccc3C)CC2)c2ccccc2c1. The van der Waals surface area contributed by atoms with Crippen molar-refractivity contribution >= 4 is 16.7 Å². The molecule has 1 atom stereocenters. The zero-order valence-electron chi connectivity index (χ0n) is 19.7. The van der Waals surface area contributed by atoms with Crippen molar-refractivity contribution in [2.75, 3.05) is 26.8 Å². The van der Waals surface area contributed by atoms with Crippen molar-refractivity contribution in [2.24, 2.45) is 0 Å². The van der Waals surface area contributed by atoms with Crippen LogP contribution in [-0.2, 0) is 5.54 Å². The zero-order chi connectivity index (χ0) is 23.0. The van der Waals surface area contributed by atoms with Gasteiger partial charge in [0.2, 0.25) is 0 Å². The van der Waals surface area contributed by atoms with Crippen molar-refractivity contribution in [1.29, 1.82) is 0 Å². The van der Waals surface area contributed by atoms with Gasteiger partial charge in [-0.05, 0) is 92.9 Å². The Hall–Kier alpha value is -3.05. The van der Waals surface area contributed by atoms with Gasteiger partial charge in [-0.2, -0.15) is 0 Å². The highest BCUT2D eigenvalue weighted by Crippen LogP contribution is 2.49. The molecule has 5 rings (SSSR count). The maximum Gasteiger partial charge on any atom is 0.252 e. The third-order valence-electron chi connectivity index (χ3n) is 7.10. The van der Waals surface area contributed by atoms with Gasteiger partial charge in [-0.1, -0.05) is 30.3 Å². The summed E-state index contributed by atoms with van der Waals surface area (Å²) < 4.78 is 11.9. The fraction of sp³-hybridized carbons (Fsp3) is 0.393. The third-order valence-corrected chi connectivity index (χ3v) is 7.10. The molecule has 172 valence electrons. The average molecular weight is 445 g/mol. The fourth-order valence-electron chi connectivity index (χ4n) is 4.71. The van der Waals surface area contributed by atoms with Crippen LogP contribution in [0.15, 0.2) is 54.6 Å². The Labute approximate surface area is 195 Å². The quantitative estimate of drug-likeness (QED) is 0.528. The highest BCUT2D eigenvalue weighted by atomic mass is 16.5. The van der Waals surface area contributed by atoms with E-state index in [0.29, 0.717) is 24.8 Å². The van der Waals surface area contributed by atoms with Gasteiger partial charge in [0.25, 0.3) is 5.91 Å². The van der Waals surface area contributed by atoms with Gasteiger partial charge in [0, 0.05) is 11.6 Å². The Morgan fingerprint density at radius 1 is 1.09 bits per heavy atom. The lowest BCUT2D eigenvalue weighted by molar-refractivity contribution is 0.0767. The highest BCUT2D eigenvalue weighted by Gasteiger charge is 2.47. The van der Waals surface area contributed by atoms with Crippen LogP contribution in [0.5, 0.6) is 11.5 Å². The van der Waals surface area contributed by atoms with Crippen LogP contribution < -0.4 is 14.8 Å². The number of hydrogen-bond donors (Lipinski definition) is 1. The van der Waals surface area contributed by atoms with E-state index >= 15 is 0 Å². The van der Waals surface area contributed by atoms with Crippen molar-refractivity contribution in [2.45, 2.75) is 44.7 Å². The Morgan fingerprint density at radius 3 is 2.61 bits per heavy atom. The van der Waals surface area contributed by atoms with E-state index in [9.17, 15) is 4.79 Å². The molecule has 0 bridgehead atoms. The van der Waals surface area contributed by atoms with E-state index in [1.54, 1.807) is 0 Å². The summed E-state index contributed by atoms with van der Waals surface area (Å²) in [6.45, 7) is 6.35. The van der Waals surface area contributed by atoms with Gasteiger partial charge in [0.1, 0.15) is 18.1 Å². The van der Waals surface area contributed by atoms with E-state index in [4.69, 9.17) is 9.47 Å². The van der Waals surface area contributed by atoms with Crippen LogP contribution in [0.1, 0.15) is 47.7 Å². The van der Waals surface area contributed by atoms with Crippen molar-refractivity contribution in [3.63, 3.8) is 0 Å². The number of ether oxygens (including phenoxy) is 2. The van der Waals surface area contributed by atoms with Gasteiger partial charge in [0.15, 0.2) is 0 Å². The lowest BCUT2D eigenvalue weighted by Gasteiger charge is -2.37. The molecule has 1 heterocycles. The standard InChI is InChI=1S/C28H32N2O3/c1-4-32-23-15-20-7-5-6-8-24(20)26(17-23)28(12-13-28)29-27(31)25-16-22(10-9-19(25)2)33-18-21-11-14-30(21)3/h5-10,15-17,21H,4,11-14,18H2,1-3H3,(H,29,31). The van der Waals surface area contributed by atoms with Gasteiger partial charge in [-0.25, -0.2) is 0 Å². The maximum absolute atomic E-state index is 13.4. The number of rotatable bonds is 8. The lowest BCUT2D eigenvalue weighted by Crippen LogP contribution is -2.48. The van der Waals surface area contributed by atoms with E-state index < -0.39 is 0 Å². The number of likely N-dealkylation sites (tertiary alicyclic amines) is 1. The first-order chi connectivity index (χ1) is 16.0. The number of amides is 1. The summed E-state index contributed by atoms with van der Waals surface area (Å²) in [5.74, 6) is 1.54. The monoisotopic (exact) mass is 444 g/mol. The van der Waals surface area contributed by atoms with Crippen LogP contribution >= 0.6 is 0 Å². The second-order valence-corrected chi connectivity index (χ2v) is 9.37. The summed E-state index contributed by atoms with van der Waals surface area (Å²) in [6, 6.07) is 18.8. The largest absolute Gasteiger partial charge is 0.494 e. The number of fused-ring (bicyclic) bond motifs is 1. The van der Waals surface area contributed by atoms with Crippen molar-refractivity contribution < 1.29 is 14.3 Å². The number of carbonyl (C=O) groups excluding carboxylic acids is 1. The molecule has 3 aromatic rings. The van der Waals surface area contributed by atoms with Crippen LogP contribution in [0.2, 0.25) is 0 Å². The minimum atomic E-state index is -0.359. The summed E-state index contributed by atoms with van der Waals surface area (Å²) in [7, 11) is 2.12. The van der Waals surface area contributed by atoms with E-state index in [1.807, 2.05) is 38.1 Å². The number of hydrogen-bond acceptors (Lipinski definition) is 4. The molecule has 0 radical (unpaired) electrons. The summed E-state index contributed by atoms with van der Waals surface area (Å²) in [5, 5.41) is 5.66. The van der Waals surface area contributed by atoms with Crippen molar-refractivity contribution in [3.05, 3.63) is 71.3 Å². The Kier molecular flexibility index (Phi) is 5.75. The van der Waals surface area contributed by atoms with E-state index in [1.165, 1.54) is 0 Å². The predicted molar refractivity (Wildman–Crippen MR) is 131 cm³/mol. The second-order valence-electron chi connectivity index (χ2n) is 9.37. The Balaban J connectivity index is 1.39. The zero-order valence-corrected chi connectivity index (χ0v) is 19.7. The molecule has 2 fully saturated rings. The maximum atomic E-state index is 13.4.